The highest BCUT2D eigenvalue weighted by Gasteiger charge is 2.39. The maximum absolute atomic E-state index is 12.9. The predicted molar refractivity (Wildman–Crippen MR) is 127 cm³/mol. The molecule has 4 rings (SSSR count). The molecule has 2 aliphatic rings. The molecule has 0 radical (unpaired) electrons. The first-order valence-corrected chi connectivity index (χ1v) is 12.2. The zero-order chi connectivity index (χ0) is 26.6. The summed E-state index contributed by atoms with van der Waals surface area (Å²) in [6.07, 6.45) is 0.287. The molecule has 0 spiro atoms. The van der Waals surface area contributed by atoms with Crippen molar-refractivity contribution in [2.24, 2.45) is 0 Å². The Morgan fingerprint density at radius 2 is 1.95 bits per heavy atom. The number of nitrogens with one attached hydrogen (secondary N) is 2. The second-order valence-corrected chi connectivity index (χ2v) is 9.62. The minimum atomic E-state index is -4.56. The maximum Gasteiger partial charge on any atom is 0.416 e. The van der Waals surface area contributed by atoms with Crippen LogP contribution in [0.4, 0.5) is 13.2 Å². The lowest BCUT2D eigenvalue weighted by Crippen LogP contribution is -2.45. The van der Waals surface area contributed by atoms with Gasteiger partial charge in [-0.05, 0) is 62.4 Å². The molecule has 1 aliphatic carbocycles. The van der Waals surface area contributed by atoms with E-state index < -0.39 is 29.2 Å². The van der Waals surface area contributed by atoms with Gasteiger partial charge in [0.2, 0.25) is 5.91 Å². The lowest BCUT2D eigenvalue weighted by Gasteiger charge is -2.39. The van der Waals surface area contributed by atoms with E-state index in [0.717, 1.165) is 44.0 Å². The van der Waals surface area contributed by atoms with Gasteiger partial charge in [0.05, 0.1) is 23.4 Å². The van der Waals surface area contributed by atoms with Gasteiger partial charge >= 0.3 is 6.18 Å². The van der Waals surface area contributed by atoms with E-state index in [2.05, 4.69) is 20.5 Å². The molecule has 1 unspecified atom stereocenters. The molecule has 2 fully saturated rings. The number of nitrogens with zero attached hydrogens (tertiary/aromatic N) is 3. The molecule has 2 amide bonds. The molecule has 2 aromatic rings. The van der Waals surface area contributed by atoms with E-state index in [4.69, 9.17) is 5.26 Å². The van der Waals surface area contributed by atoms with Crippen molar-refractivity contribution in [2.45, 2.75) is 56.0 Å². The van der Waals surface area contributed by atoms with Crippen LogP contribution < -0.4 is 10.6 Å². The molecule has 1 aromatic heterocycles. The molecular weight excluding hydrogens is 487 g/mol. The second-order valence-electron chi connectivity index (χ2n) is 9.62. The first-order valence-electron chi connectivity index (χ1n) is 12.2. The fourth-order valence-electron chi connectivity index (χ4n) is 5.05. The highest BCUT2D eigenvalue weighted by molar-refractivity contribution is 5.96. The summed E-state index contributed by atoms with van der Waals surface area (Å²) in [5, 5.41) is 25.3. The summed E-state index contributed by atoms with van der Waals surface area (Å²) in [4.78, 5) is 31.1. The van der Waals surface area contributed by atoms with Crippen molar-refractivity contribution >= 4 is 11.8 Å². The van der Waals surface area contributed by atoms with Gasteiger partial charge in [0.1, 0.15) is 11.7 Å². The van der Waals surface area contributed by atoms with Crippen LogP contribution in [0, 0.1) is 11.3 Å². The Labute approximate surface area is 212 Å². The molecular formula is C26H28F3N5O3. The molecule has 1 saturated carbocycles. The molecule has 37 heavy (non-hydrogen) atoms. The first kappa shape index (κ1) is 26.6. The fraction of sp³-hybridized carbons (Fsp3) is 0.462. The predicted octanol–water partition coefficient (Wildman–Crippen LogP) is 2.72. The zero-order valence-corrected chi connectivity index (χ0v) is 20.1. The number of hydrogen-bond donors (Lipinski definition) is 3. The van der Waals surface area contributed by atoms with Gasteiger partial charge in [-0.3, -0.25) is 19.5 Å². The summed E-state index contributed by atoms with van der Waals surface area (Å²) in [5.74, 6) is -1.15. The van der Waals surface area contributed by atoms with Crippen molar-refractivity contribution in [1.82, 2.24) is 20.5 Å². The van der Waals surface area contributed by atoms with Crippen LogP contribution in [0.5, 0.6) is 0 Å². The number of pyridine rings is 1. The average molecular weight is 516 g/mol. The lowest BCUT2D eigenvalue weighted by atomic mass is 9.79. The molecule has 0 bridgehead atoms. The van der Waals surface area contributed by atoms with Crippen LogP contribution in [0.1, 0.15) is 59.3 Å². The minimum Gasteiger partial charge on any atom is -0.384 e. The van der Waals surface area contributed by atoms with E-state index in [9.17, 15) is 27.9 Å². The third-order valence-corrected chi connectivity index (χ3v) is 7.11. The van der Waals surface area contributed by atoms with Crippen LogP contribution in [0.3, 0.4) is 0 Å². The number of likely N-dealkylation sites (tertiary alicyclic amines) is 1. The van der Waals surface area contributed by atoms with Crippen molar-refractivity contribution in [1.29, 1.82) is 5.26 Å². The molecule has 3 N–H and O–H groups in total. The van der Waals surface area contributed by atoms with Gasteiger partial charge in [-0.15, -0.1) is 0 Å². The van der Waals surface area contributed by atoms with Gasteiger partial charge in [0.15, 0.2) is 0 Å². The molecule has 1 aromatic carbocycles. The highest BCUT2D eigenvalue weighted by Crippen LogP contribution is 2.38. The van der Waals surface area contributed by atoms with Crippen LogP contribution in [0.15, 0.2) is 42.6 Å². The monoisotopic (exact) mass is 515 g/mol. The summed E-state index contributed by atoms with van der Waals surface area (Å²) in [5.41, 5.74) is -1.09. The summed E-state index contributed by atoms with van der Waals surface area (Å²) >= 11 is 0. The normalized spacial score (nSPS) is 24.3. The van der Waals surface area contributed by atoms with Crippen LogP contribution in [-0.2, 0) is 16.6 Å². The third-order valence-electron chi connectivity index (χ3n) is 7.11. The van der Waals surface area contributed by atoms with Crippen LogP contribution >= 0.6 is 0 Å². The first-order chi connectivity index (χ1) is 17.6. The number of carbonyl (C=O) groups is 2. The Kier molecular flexibility index (Phi) is 7.80. The molecule has 11 heteroatoms. The second kappa shape index (κ2) is 10.9. The number of amides is 2. The number of alkyl halides is 3. The average Bonchev–Trinajstić information content (AvgIpc) is 3.35. The number of nitriles is 1. The fourth-order valence-corrected chi connectivity index (χ4v) is 5.05. The van der Waals surface area contributed by atoms with E-state index in [0.29, 0.717) is 30.6 Å². The number of aliphatic hydroxyl groups is 1. The lowest BCUT2D eigenvalue weighted by molar-refractivity contribution is -0.137. The highest BCUT2D eigenvalue weighted by atomic mass is 19.4. The van der Waals surface area contributed by atoms with Gasteiger partial charge < -0.3 is 15.7 Å². The Morgan fingerprint density at radius 1 is 1.19 bits per heavy atom. The number of benzene rings is 1. The van der Waals surface area contributed by atoms with Gasteiger partial charge in [-0.2, -0.15) is 18.4 Å². The van der Waals surface area contributed by atoms with Crippen LogP contribution in [-0.4, -0.2) is 58.5 Å². The summed E-state index contributed by atoms with van der Waals surface area (Å²) in [6.45, 7) is 1.10. The third kappa shape index (κ3) is 6.45. The maximum atomic E-state index is 12.9. The van der Waals surface area contributed by atoms with E-state index >= 15 is 0 Å². The quantitative estimate of drug-likeness (QED) is 0.545. The Morgan fingerprint density at radius 3 is 2.59 bits per heavy atom. The van der Waals surface area contributed by atoms with Crippen molar-refractivity contribution in [3.63, 3.8) is 0 Å². The van der Waals surface area contributed by atoms with Gasteiger partial charge in [-0.25, -0.2) is 0 Å². The topological polar surface area (TPSA) is 118 Å². The SMILES string of the molecule is N#Cc1ccc(C2(O)CCC(N3CCC(NC(=O)CNC(=O)c4cccc(C(F)(F)F)c4)C3)CC2)nc1. The standard InChI is InChI=1S/C26H28F3N5O3/c27-26(28,29)19-3-1-2-18(12-19)24(36)32-15-23(35)33-20-8-11-34(16-20)21-6-9-25(37,10-7-21)22-5-4-17(13-30)14-31-22/h1-5,12,14,20-21,37H,6-11,15-16H2,(H,32,36)(H,33,35). The molecule has 1 atom stereocenters. The molecule has 196 valence electrons. The smallest absolute Gasteiger partial charge is 0.384 e. The van der Waals surface area contributed by atoms with Gasteiger partial charge in [-0.1, -0.05) is 6.07 Å². The van der Waals surface area contributed by atoms with Crippen molar-refractivity contribution in [2.75, 3.05) is 19.6 Å². The molecule has 8 nitrogen and oxygen atoms in total. The van der Waals surface area contributed by atoms with E-state index in [1.165, 1.54) is 12.3 Å². The number of aromatic nitrogens is 1. The minimum absolute atomic E-state index is 0.0982. The number of halogens is 3. The Balaban J connectivity index is 1.21. The number of rotatable bonds is 6. The zero-order valence-electron chi connectivity index (χ0n) is 20.1. The molecule has 1 aliphatic heterocycles. The van der Waals surface area contributed by atoms with E-state index in [-0.39, 0.29) is 24.2 Å². The number of carbonyl (C=O) groups excluding carboxylic acids is 2. The van der Waals surface area contributed by atoms with Crippen LogP contribution in [0.2, 0.25) is 0 Å². The molecule has 2 heterocycles. The van der Waals surface area contributed by atoms with Crippen LogP contribution in [0.25, 0.3) is 0 Å². The summed E-state index contributed by atoms with van der Waals surface area (Å²) in [7, 11) is 0. The van der Waals surface area contributed by atoms with Crippen molar-refractivity contribution < 1.29 is 27.9 Å². The van der Waals surface area contributed by atoms with Gasteiger partial charge in [0.25, 0.3) is 5.91 Å². The molecule has 1 saturated heterocycles. The summed E-state index contributed by atoms with van der Waals surface area (Å²) < 4.78 is 38.6. The Hall–Kier alpha value is -3.49. The largest absolute Gasteiger partial charge is 0.416 e. The van der Waals surface area contributed by atoms with Gasteiger partial charge in [0, 0.05) is 36.9 Å². The van der Waals surface area contributed by atoms with E-state index in [1.54, 1.807) is 12.1 Å². The van der Waals surface area contributed by atoms with Crippen molar-refractivity contribution in [3.05, 3.63) is 65.0 Å². The van der Waals surface area contributed by atoms with E-state index in [1.807, 2.05) is 6.07 Å². The van der Waals surface area contributed by atoms with Crippen molar-refractivity contribution in [3.8, 4) is 6.07 Å². The Bertz CT molecular complexity index is 1170. The number of hydrogen-bond acceptors (Lipinski definition) is 6. The summed E-state index contributed by atoms with van der Waals surface area (Å²) in [6, 6.07) is 9.59.